The van der Waals surface area contributed by atoms with Gasteiger partial charge in [-0.2, -0.15) is 0 Å². The van der Waals surface area contributed by atoms with Gasteiger partial charge in [0.2, 0.25) is 0 Å². The maximum absolute atomic E-state index is 10.5. The number of aliphatic imine (C=N–C) groups is 1. The molecule has 0 aliphatic rings. The summed E-state index contributed by atoms with van der Waals surface area (Å²) in [4.78, 5) is 14.4. The standard InChI is InChI=1S/C7H13NO2/c1-4-6(2)8-5-7(9)10-3/h5-6H,4H2,1-3H3. The minimum Gasteiger partial charge on any atom is -0.465 e. The van der Waals surface area contributed by atoms with Crippen LogP contribution >= 0.6 is 0 Å². The topological polar surface area (TPSA) is 38.7 Å². The zero-order valence-electron chi connectivity index (χ0n) is 6.63. The van der Waals surface area contributed by atoms with Crippen molar-refractivity contribution in [2.75, 3.05) is 7.11 Å². The van der Waals surface area contributed by atoms with Crippen LogP contribution in [-0.4, -0.2) is 25.3 Å². The highest BCUT2D eigenvalue weighted by Gasteiger charge is 1.94. The molecular weight excluding hydrogens is 130 g/mol. The second-order valence-electron chi connectivity index (χ2n) is 2.06. The highest BCUT2D eigenvalue weighted by Crippen LogP contribution is 1.92. The summed E-state index contributed by atoms with van der Waals surface area (Å²) in [5, 5.41) is 0. The fraction of sp³-hybridized carbons (Fsp3) is 0.714. The molecule has 0 aliphatic heterocycles. The molecule has 1 atom stereocenters. The third kappa shape index (κ3) is 4.06. The normalized spacial score (nSPS) is 13.5. The molecule has 58 valence electrons. The summed E-state index contributed by atoms with van der Waals surface area (Å²) < 4.78 is 4.36. The van der Waals surface area contributed by atoms with Crippen LogP contribution in [0.5, 0.6) is 0 Å². The average molecular weight is 143 g/mol. The molecule has 0 rings (SSSR count). The van der Waals surface area contributed by atoms with Crippen LogP contribution in [0.15, 0.2) is 4.99 Å². The maximum Gasteiger partial charge on any atom is 0.348 e. The predicted molar refractivity (Wildman–Crippen MR) is 40.3 cm³/mol. The zero-order valence-corrected chi connectivity index (χ0v) is 6.63. The summed E-state index contributed by atoms with van der Waals surface area (Å²) in [6.07, 6.45) is 2.15. The quantitative estimate of drug-likeness (QED) is 0.437. The van der Waals surface area contributed by atoms with Crippen molar-refractivity contribution >= 4 is 12.2 Å². The van der Waals surface area contributed by atoms with Gasteiger partial charge in [-0.15, -0.1) is 0 Å². The van der Waals surface area contributed by atoms with E-state index in [1.165, 1.54) is 13.3 Å². The minimum atomic E-state index is -0.389. The minimum absolute atomic E-state index is 0.207. The fourth-order valence-corrected chi connectivity index (χ4v) is 0.346. The van der Waals surface area contributed by atoms with Crippen molar-refractivity contribution in [3.8, 4) is 0 Å². The summed E-state index contributed by atoms with van der Waals surface area (Å²) in [5.41, 5.74) is 0. The lowest BCUT2D eigenvalue weighted by Crippen LogP contribution is -2.04. The molecule has 0 heterocycles. The van der Waals surface area contributed by atoms with E-state index in [1.54, 1.807) is 0 Å². The summed E-state index contributed by atoms with van der Waals surface area (Å²) in [5.74, 6) is -0.389. The Hall–Kier alpha value is -0.860. The number of methoxy groups -OCH3 is 1. The summed E-state index contributed by atoms with van der Waals surface area (Å²) in [7, 11) is 1.34. The summed E-state index contributed by atoms with van der Waals surface area (Å²) >= 11 is 0. The molecule has 3 heteroatoms. The summed E-state index contributed by atoms with van der Waals surface area (Å²) in [6, 6.07) is 0.207. The molecule has 0 N–H and O–H groups in total. The first-order valence-electron chi connectivity index (χ1n) is 3.31. The van der Waals surface area contributed by atoms with Crippen LogP contribution in [-0.2, 0) is 9.53 Å². The predicted octanol–water partition coefficient (Wildman–Crippen LogP) is 1.03. The Labute approximate surface area is 61.1 Å². The van der Waals surface area contributed by atoms with Crippen molar-refractivity contribution in [3.05, 3.63) is 0 Å². The van der Waals surface area contributed by atoms with E-state index in [2.05, 4.69) is 9.73 Å². The van der Waals surface area contributed by atoms with E-state index >= 15 is 0 Å². The zero-order chi connectivity index (χ0) is 7.98. The molecule has 0 aliphatic carbocycles. The van der Waals surface area contributed by atoms with Crippen molar-refractivity contribution in [1.29, 1.82) is 0 Å². The lowest BCUT2D eigenvalue weighted by atomic mass is 10.3. The van der Waals surface area contributed by atoms with Crippen LogP contribution in [0.2, 0.25) is 0 Å². The van der Waals surface area contributed by atoms with Crippen molar-refractivity contribution in [1.82, 2.24) is 0 Å². The van der Waals surface area contributed by atoms with Gasteiger partial charge in [-0.1, -0.05) is 6.92 Å². The first-order chi connectivity index (χ1) is 4.70. The Morgan fingerprint density at radius 1 is 1.80 bits per heavy atom. The third-order valence-electron chi connectivity index (χ3n) is 1.23. The molecule has 10 heavy (non-hydrogen) atoms. The molecule has 3 nitrogen and oxygen atoms in total. The van der Waals surface area contributed by atoms with E-state index < -0.39 is 0 Å². The van der Waals surface area contributed by atoms with E-state index in [0.717, 1.165) is 6.42 Å². The van der Waals surface area contributed by atoms with Gasteiger partial charge in [-0.25, -0.2) is 4.79 Å². The molecule has 0 aromatic heterocycles. The second-order valence-corrected chi connectivity index (χ2v) is 2.06. The van der Waals surface area contributed by atoms with Gasteiger partial charge >= 0.3 is 5.97 Å². The van der Waals surface area contributed by atoms with Gasteiger partial charge < -0.3 is 4.74 Å². The number of nitrogens with zero attached hydrogens (tertiary/aromatic N) is 1. The molecule has 0 saturated heterocycles. The van der Waals surface area contributed by atoms with Gasteiger partial charge in [-0.3, -0.25) is 4.99 Å². The van der Waals surface area contributed by atoms with Crippen LogP contribution in [0, 0.1) is 0 Å². The lowest BCUT2D eigenvalue weighted by molar-refractivity contribution is -0.132. The highest BCUT2D eigenvalue weighted by atomic mass is 16.5. The van der Waals surface area contributed by atoms with Crippen LogP contribution in [0.1, 0.15) is 20.3 Å². The average Bonchev–Trinajstić information content (AvgIpc) is 1.99. The number of carbonyl (C=O) groups is 1. The number of hydrogen-bond acceptors (Lipinski definition) is 3. The molecule has 1 unspecified atom stereocenters. The number of esters is 1. The third-order valence-corrected chi connectivity index (χ3v) is 1.23. The lowest BCUT2D eigenvalue weighted by Gasteiger charge is -1.97. The summed E-state index contributed by atoms with van der Waals surface area (Å²) in [6.45, 7) is 3.96. The first kappa shape index (κ1) is 9.14. The monoisotopic (exact) mass is 143 g/mol. The number of ether oxygens (including phenoxy) is 1. The van der Waals surface area contributed by atoms with Crippen LogP contribution in [0.3, 0.4) is 0 Å². The first-order valence-corrected chi connectivity index (χ1v) is 3.31. The van der Waals surface area contributed by atoms with E-state index in [0.29, 0.717) is 0 Å². The Balaban J connectivity index is 3.63. The van der Waals surface area contributed by atoms with E-state index in [1.807, 2.05) is 13.8 Å². The van der Waals surface area contributed by atoms with Gasteiger partial charge in [-0.05, 0) is 13.3 Å². The van der Waals surface area contributed by atoms with E-state index in [4.69, 9.17) is 0 Å². The number of carbonyl (C=O) groups excluding carboxylic acids is 1. The molecule has 0 radical (unpaired) electrons. The molecule has 0 fully saturated rings. The Morgan fingerprint density at radius 3 is 2.80 bits per heavy atom. The SMILES string of the molecule is CCC(C)N=CC(=O)OC. The Kier molecular flexibility index (Phi) is 4.54. The van der Waals surface area contributed by atoms with Crippen LogP contribution in [0.25, 0.3) is 0 Å². The molecule has 0 bridgehead atoms. The van der Waals surface area contributed by atoms with Gasteiger partial charge in [0, 0.05) is 6.04 Å². The van der Waals surface area contributed by atoms with Crippen molar-refractivity contribution < 1.29 is 9.53 Å². The Morgan fingerprint density at radius 2 is 2.40 bits per heavy atom. The number of hydrogen-bond donors (Lipinski definition) is 0. The van der Waals surface area contributed by atoms with Crippen molar-refractivity contribution in [3.63, 3.8) is 0 Å². The number of rotatable bonds is 3. The van der Waals surface area contributed by atoms with Gasteiger partial charge in [0.1, 0.15) is 6.21 Å². The van der Waals surface area contributed by atoms with Gasteiger partial charge in [0.25, 0.3) is 0 Å². The maximum atomic E-state index is 10.5. The van der Waals surface area contributed by atoms with E-state index in [-0.39, 0.29) is 12.0 Å². The fourth-order valence-electron chi connectivity index (χ4n) is 0.346. The molecule has 0 amide bonds. The Bertz CT molecular complexity index is 132. The molecule has 0 saturated carbocycles. The van der Waals surface area contributed by atoms with Crippen molar-refractivity contribution in [2.24, 2.45) is 4.99 Å². The second kappa shape index (κ2) is 4.97. The molecule has 0 aromatic carbocycles. The largest absolute Gasteiger partial charge is 0.465 e. The van der Waals surface area contributed by atoms with Crippen LogP contribution < -0.4 is 0 Å². The van der Waals surface area contributed by atoms with E-state index in [9.17, 15) is 4.79 Å². The van der Waals surface area contributed by atoms with Crippen molar-refractivity contribution in [2.45, 2.75) is 26.3 Å². The molecular formula is C7H13NO2. The van der Waals surface area contributed by atoms with Gasteiger partial charge in [0.05, 0.1) is 7.11 Å². The smallest absolute Gasteiger partial charge is 0.348 e. The van der Waals surface area contributed by atoms with Gasteiger partial charge in [0.15, 0.2) is 0 Å². The van der Waals surface area contributed by atoms with Crippen LogP contribution in [0.4, 0.5) is 0 Å². The molecule has 0 aromatic rings. The highest BCUT2D eigenvalue weighted by molar-refractivity contribution is 6.23. The molecule has 0 spiro atoms.